The van der Waals surface area contributed by atoms with Crippen LogP contribution >= 0.6 is 0 Å². The van der Waals surface area contributed by atoms with Crippen molar-refractivity contribution in [2.75, 3.05) is 11.9 Å². The van der Waals surface area contributed by atoms with E-state index in [4.69, 9.17) is 4.98 Å². The molecule has 1 aliphatic carbocycles. The van der Waals surface area contributed by atoms with Crippen LogP contribution in [0.15, 0.2) is 58.5 Å². The standard InChI is InChI=1S/C23H28N4O2.H2/c1-4-19(15-24-6-3)25-21-9-7-17-8-10-22(29)27(23(17)26-21)12-11-16-13-18(14-16)20(28)5-2;/h4-5,7-10,15-16,18H,2,6,11-14H2,1,3H3,(H,25,26);1H/b19-4+,24-15?;. The molecule has 1 N–H and O–H groups in total. The molecule has 0 unspecified atom stereocenters. The van der Waals surface area contributed by atoms with Gasteiger partial charge in [-0.25, -0.2) is 4.98 Å². The van der Waals surface area contributed by atoms with E-state index in [0.29, 0.717) is 30.5 Å². The van der Waals surface area contributed by atoms with Gasteiger partial charge >= 0.3 is 0 Å². The fourth-order valence-corrected chi connectivity index (χ4v) is 3.65. The number of ketones is 1. The Morgan fingerprint density at radius 3 is 2.83 bits per heavy atom. The van der Waals surface area contributed by atoms with Crippen LogP contribution in [0, 0.1) is 11.8 Å². The number of fused-ring (bicyclic) bond motifs is 1. The SMILES string of the molecule is C=CC(=O)C1CC(CCn2c(=O)ccc3ccc(N/C(C=NCC)=C/C)nc32)C1.[HH]. The van der Waals surface area contributed by atoms with Gasteiger partial charge in [0.15, 0.2) is 5.78 Å². The molecule has 0 aromatic carbocycles. The predicted molar refractivity (Wildman–Crippen MR) is 121 cm³/mol. The third-order valence-electron chi connectivity index (χ3n) is 5.43. The molecule has 0 saturated heterocycles. The molecule has 2 aromatic heterocycles. The van der Waals surface area contributed by atoms with E-state index in [-0.39, 0.29) is 18.7 Å². The number of aliphatic imine (C=N–C) groups is 1. The zero-order valence-electron chi connectivity index (χ0n) is 17.1. The maximum absolute atomic E-state index is 12.5. The van der Waals surface area contributed by atoms with Gasteiger partial charge in [0, 0.05) is 38.1 Å². The van der Waals surface area contributed by atoms with Crippen LogP contribution in [0.1, 0.15) is 34.5 Å². The number of pyridine rings is 2. The highest BCUT2D eigenvalue weighted by Gasteiger charge is 2.32. The lowest BCUT2D eigenvalue weighted by molar-refractivity contribution is -0.122. The fourth-order valence-electron chi connectivity index (χ4n) is 3.65. The number of rotatable bonds is 9. The number of anilines is 1. The second-order valence-electron chi connectivity index (χ2n) is 7.36. The minimum Gasteiger partial charge on any atom is -0.339 e. The van der Waals surface area contributed by atoms with Crippen LogP contribution in [0.25, 0.3) is 11.0 Å². The summed E-state index contributed by atoms with van der Waals surface area (Å²) in [6.07, 6.45) is 7.75. The third kappa shape index (κ3) is 4.88. The molecule has 0 aliphatic heterocycles. The van der Waals surface area contributed by atoms with Crippen molar-refractivity contribution in [1.29, 1.82) is 0 Å². The smallest absolute Gasteiger partial charge is 0.252 e. The molecule has 0 amide bonds. The molecule has 1 saturated carbocycles. The van der Waals surface area contributed by atoms with E-state index in [1.165, 1.54) is 6.08 Å². The summed E-state index contributed by atoms with van der Waals surface area (Å²) in [5, 5.41) is 4.18. The molecule has 2 heterocycles. The minimum atomic E-state index is -0.0565. The lowest BCUT2D eigenvalue weighted by atomic mass is 9.71. The van der Waals surface area contributed by atoms with Crippen LogP contribution in [0.3, 0.4) is 0 Å². The van der Waals surface area contributed by atoms with E-state index < -0.39 is 0 Å². The van der Waals surface area contributed by atoms with E-state index in [2.05, 4.69) is 16.9 Å². The molecule has 0 spiro atoms. The number of hydrogen-bond acceptors (Lipinski definition) is 5. The van der Waals surface area contributed by atoms with Gasteiger partial charge < -0.3 is 5.32 Å². The highest BCUT2D eigenvalue weighted by Crippen LogP contribution is 2.37. The Morgan fingerprint density at radius 1 is 1.38 bits per heavy atom. The first-order valence-electron chi connectivity index (χ1n) is 10.2. The van der Waals surface area contributed by atoms with Crippen LogP contribution in [0.2, 0.25) is 0 Å². The molecule has 0 atom stereocenters. The number of nitrogens with one attached hydrogen (secondary N) is 1. The predicted octanol–water partition coefficient (Wildman–Crippen LogP) is 4.22. The maximum atomic E-state index is 12.5. The van der Waals surface area contributed by atoms with E-state index in [0.717, 1.165) is 30.3 Å². The summed E-state index contributed by atoms with van der Waals surface area (Å²) < 4.78 is 1.73. The molecule has 0 radical (unpaired) electrons. The highest BCUT2D eigenvalue weighted by atomic mass is 16.1. The van der Waals surface area contributed by atoms with Crippen molar-refractivity contribution < 1.29 is 6.22 Å². The largest absolute Gasteiger partial charge is 0.339 e. The normalized spacial score (nSPS) is 19.3. The van der Waals surface area contributed by atoms with Crippen molar-refractivity contribution >= 4 is 28.8 Å². The molecular weight excluding hydrogens is 364 g/mol. The van der Waals surface area contributed by atoms with Crippen LogP contribution in [-0.2, 0) is 11.3 Å². The van der Waals surface area contributed by atoms with Crippen molar-refractivity contribution in [3.05, 3.63) is 59.0 Å². The van der Waals surface area contributed by atoms with Gasteiger partial charge in [-0.2, -0.15) is 0 Å². The Labute approximate surface area is 172 Å². The average molecular weight is 395 g/mol. The number of allylic oxidation sites excluding steroid dienone is 3. The zero-order valence-corrected chi connectivity index (χ0v) is 17.1. The van der Waals surface area contributed by atoms with Gasteiger partial charge in [0.05, 0.1) is 5.70 Å². The van der Waals surface area contributed by atoms with Gasteiger partial charge in [0.25, 0.3) is 5.56 Å². The minimum absolute atomic E-state index is 0. The van der Waals surface area contributed by atoms with Crippen molar-refractivity contribution in [3.63, 3.8) is 0 Å². The fraction of sp³-hybridized carbons (Fsp3) is 0.391. The topological polar surface area (TPSA) is 76.3 Å². The van der Waals surface area contributed by atoms with Gasteiger partial charge in [-0.3, -0.25) is 19.1 Å². The molecule has 3 rings (SSSR count). The molecule has 6 heteroatoms. The molecule has 2 aromatic rings. The van der Waals surface area contributed by atoms with E-state index in [9.17, 15) is 9.59 Å². The zero-order chi connectivity index (χ0) is 20.8. The quantitative estimate of drug-likeness (QED) is 0.510. The lowest BCUT2D eigenvalue weighted by Gasteiger charge is -2.33. The number of carbonyl (C=O) groups is 1. The van der Waals surface area contributed by atoms with E-state index in [1.54, 1.807) is 16.8 Å². The summed E-state index contributed by atoms with van der Waals surface area (Å²) in [7, 11) is 0. The Bertz CT molecular complexity index is 1020. The first-order chi connectivity index (χ1) is 14.0. The van der Waals surface area contributed by atoms with Gasteiger partial charge in [0.2, 0.25) is 0 Å². The molecule has 6 nitrogen and oxygen atoms in total. The molecule has 1 fully saturated rings. The number of nitrogens with zero attached hydrogens (tertiary/aromatic N) is 3. The Hall–Kier alpha value is -3.02. The summed E-state index contributed by atoms with van der Waals surface area (Å²) in [6, 6.07) is 7.26. The second kappa shape index (κ2) is 9.45. The van der Waals surface area contributed by atoms with Crippen molar-refractivity contribution in [1.82, 2.24) is 9.55 Å². The Kier molecular flexibility index (Phi) is 6.75. The number of aryl methyl sites for hydroxylation is 1. The van der Waals surface area contributed by atoms with Crippen LogP contribution < -0.4 is 10.9 Å². The molecule has 0 bridgehead atoms. The van der Waals surface area contributed by atoms with Gasteiger partial charge in [-0.1, -0.05) is 12.7 Å². The summed E-state index contributed by atoms with van der Waals surface area (Å²) in [6.45, 7) is 8.78. The van der Waals surface area contributed by atoms with Gasteiger partial charge in [-0.05, 0) is 63.3 Å². The molecule has 154 valence electrons. The average Bonchev–Trinajstić information content (AvgIpc) is 2.70. The van der Waals surface area contributed by atoms with Crippen LogP contribution in [0.4, 0.5) is 5.82 Å². The van der Waals surface area contributed by atoms with Gasteiger partial charge in [-0.15, -0.1) is 0 Å². The third-order valence-corrected chi connectivity index (χ3v) is 5.43. The van der Waals surface area contributed by atoms with Crippen molar-refractivity contribution in [2.45, 2.75) is 39.7 Å². The molecule has 1 aliphatic rings. The number of aromatic nitrogens is 2. The summed E-state index contributed by atoms with van der Waals surface area (Å²) >= 11 is 0. The second-order valence-corrected chi connectivity index (χ2v) is 7.36. The van der Waals surface area contributed by atoms with E-state index in [1.807, 2.05) is 38.1 Å². The summed E-state index contributed by atoms with van der Waals surface area (Å²) in [5.41, 5.74) is 1.47. The maximum Gasteiger partial charge on any atom is 0.252 e. The highest BCUT2D eigenvalue weighted by molar-refractivity contribution is 5.91. The summed E-state index contributed by atoms with van der Waals surface area (Å²) in [5.74, 6) is 1.38. The molecule has 29 heavy (non-hydrogen) atoms. The number of hydrogen-bond donors (Lipinski definition) is 1. The van der Waals surface area contributed by atoms with Crippen LogP contribution in [0.5, 0.6) is 0 Å². The first-order valence-corrected chi connectivity index (χ1v) is 10.2. The Balaban J connectivity index is 0.00000320. The Morgan fingerprint density at radius 2 is 2.14 bits per heavy atom. The van der Waals surface area contributed by atoms with Crippen molar-refractivity contribution in [2.24, 2.45) is 16.8 Å². The first kappa shape index (κ1) is 20.7. The van der Waals surface area contributed by atoms with Crippen LogP contribution in [-0.4, -0.2) is 28.1 Å². The van der Waals surface area contributed by atoms with E-state index >= 15 is 0 Å². The lowest BCUT2D eigenvalue weighted by Crippen LogP contribution is -2.31. The molecular formula is C23H30N4O2. The van der Waals surface area contributed by atoms with Gasteiger partial charge in [0.1, 0.15) is 11.5 Å². The monoisotopic (exact) mass is 394 g/mol. The summed E-state index contributed by atoms with van der Waals surface area (Å²) in [4.78, 5) is 33.1. The number of carbonyl (C=O) groups excluding carboxylic acids is 1. The van der Waals surface area contributed by atoms with Crippen molar-refractivity contribution in [3.8, 4) is 0 Å².